The monoisotopic (exact) mass is 1990 g/mol. The van der Waals surface area contributed by atoms with Gasteiger partial charge in [0.15, 0.2) is 5.96 Å². The molecular formula is C97H137N23O21S. The molecule has 44 nitrogen and oxygen atoms in total. The number of aromatic amines is 2. The first-order valence-corrected chi connectivity index (χ1v) is 49.1. The summed E-state index contributed by atoms with van der Waals surface area (Å²) in [6.45, 7) is 7.91. The Bertz CT molecular complexity index is 5470. The number of nitrogens with zero attached hydrogens (tertiary/aromatic N) is 5. The number of rotatable bonds is 29. The lowest BCUT2D eigenvalue weighted by Crippen LogP contribution is -2.62. The third kappa shape index (κ3) is 30.8. The number of thioether (sulfide) groups is 1. The fourth-order valence-electron chi connectivity index (χ4n) is 17.6. The maximum atomic E-state index is 16.3. The van der Waals surface area contributed by atoms with Crippen LogP contribution >= 0.6 is 11.8 Å². The number of aromatic hydroxyl groups is 1. The molecule has 142 heavy (non-hydrogen) atoms. The Labute approximate surface area is 827 Å². The number of ether oxygens (including phenoxy) is 1. The van der Waals surface area contributed by atoms with Gasteiger partial charge in [0.25, 0.3) is 0 Å². The summed E-state index contributed by atoms with van der Waals surface area (Å²) in [5, 5.41) is 71.4. The van der Waals surface area contributed by atoms with Crippen LogP contribution in [-0.4, -0.2) is 325 Å². The predicted molar refractivity (Wildman–Crippen MR) is 528 cm³/mol. The topological polar surface area (TPSA) is 668 Å². The summed E-state index contributed by atoms with van der Waals surface area (Å²) in [6, 6.07) is 4.68. The van der Waals surface area contributed by atoms with Gasteiger partial charge in [0.1, 0.15) is 96.1 Å². The number of amides is 17. The minimum absolute atomic E-state index is 0.0132. The Balaban J connectivity index is 1.13. The number of carbonyl (C=O) groups is 17. The number of carbonyl (C=O) groups excluding carboxylic acids is 17. The molecule has 5 heterocycles. The molecule has 3 fully saturated rings. The fourth-order valence-corrected chi connectivity index (χ4v) is 18.5. The molecule has 45 heteroatoms. The van der Waals surface area contributed by atoms with Crippen LogP contribution in [0.25, 0.3) is 33.1 Å². The number of fused-ring (bicyclic) bond motifs is 4. The van der Waals surface area contributed by atoms with E-state index in [4.69, 9.17) is 33.1 Å². The number of primary amides is 2. The molecule has 6 aromatic rings. The molecule has 0 saturated carbocycles. The average molecular weight is 1990 g/mol. The molecule has 3 aliphatic rings. The summed E-state index contributed by atoms with van der Waals surface area (Å²) < 4.78 is 5.80. The van der Waals surface area contributed by atoms with Gasteiger partial charge >= 0.3 is 0 Å². The zero-order valence-electron chi connectivity index (χ0n) is 81.6. The summed E-state index contributed by atoms with van der Waals surface area (Å²) >= 11 is 0.758. The van der Waals surface area contributed by atoms with Gasteiger partial charge in [-0.25, -0.2) is 0 Å². The Morgan fingerprint density at radius 1 is 0.563 bits per heavy atom. The molecule has 0 bridgehead atoms. The van der Waals surface area contributed by atoms with E-state index in [0.29, 0.717) is 87.8 Å². The molecule has 4 aromatic carbocycles. The number of nitrogens with one attached hydrogen (secondary N) is 14. The van der Waals surface area contributed by atoms with Crippen LogP contribution in [0, 0.1) is 11.3 Å². The number of nitrogens with two attached hydrogens (primary N) is 4. The molecule has 0 unspecified atom stereocenters. The van der Waals surface area contributed by atoms with Gasteiger partial charge in [0.05, 0.1) is 38.0 Å². The van der Waals surface area contributed by atoms with Crippen molar-refractivity contribution in [3.8, 4) is 22.8 Å². The Kier molecular flexibility index (Phi) is 42.2. The van der Waals surface area contributed by atoms with E-state index in [-0.39, 0.29) is 102 Å². The van der Waals surface area contributed by atoms with Crippen LogP contribution in [0.4, 0.5) is 0 Å². The Morgan fingerprint density at radius 2 is 1.13 bits per heavy atom. The van der Waals surface area contributed by atoms with E-state index in [2.05, 4.69) is 68.5 Å². The minimum Gasteiger partial charge on any atom is -0.508 e. The maximum Gasteiger partial charge on any atom is 0.246 e. The second kappa shape index (κ2) is 53.6. The van der Waals surface area contributed by atoms with Crippen molar-refractivity contribution in [1.29, 1.82) is 5.41 Å². The van der Waals surface area contributed by atoms with Gasteiger partial charge in [0.2, 0.25) is 100 Å². The zero-order valence-corrected chi connectivity index (χ0v) is 82.4. The molecule has 2 aromatic heterocycles. The van der Waals surface area contributed by atoms with Crippen molar-refractivity contribution in [2.24, 2.45) is 28.9 Å². The molecule has 17 amide bonds. The third-order valence-corrected chi connectivity index (χ3v) is 26.4. The standard InChI is InChI=1S/C97H137N23O21S/c1-10-13-26-75-89(133)108-66(25-19-39-103-97(101)102)85(129)115-74(84(128)105-48-80(100)125)51-142-52-81(126)106-70(42-55-29-33-58(122)34-30-55)92(136)116(7)54(6)83(127)111-72(46-79(99)124)94(138)119-40-20-28-76(119)90(134)109-67(37-38-98)86(130)112-69(41-53(4)5)95(139)120-49-59(123)44-78(120)91(135)110-68(43-57-47-104-64-23-17-15-21-61(57)64)87(131)114-73(50-121)88(132)113-71(93(137)118(9)77(27-14-11-2)96(140)117(75)8)45-63-62-22-16-18-24-65(62)107-82(63)56-31-35-60(36-32-56)141-12-3/h15-18,21-24,29-36,47,53-54,59,66-78,104,107,121-123H,10-14,19-20,25-28,37-46,48-52,98H2,1-9H3,(H2,99,124)(H2,100,125)(H,105,128)(H,106,126)(H,108,133)(H,109,134)(H,110,135)(H,111,127)(H,112,130)(H,113,132)(H,114,131)(H,115,129)(H4,101,102,103)/t54-,59+,66-,67-,68-,69-,70-,71-,72-,73-,74-,75-,76-,77-,78-/m0/s1. The van der Waals surface area contributed by atoms with Gasteiger partial charge in [-0.1, -0.05) is 102 Å². The maximum absolute atomic E-state index is 16.3. The number of phenolic OH excluding ortho intramolecular Hbond substituents is 1. The van der Waals surface area contributed by atoms with E-state index < -0.39 is 241 Å². The molecular weight excluding hydrogens is 1860 g/mol. The van der Waals surface area contributed by atoms with Gasteiger partial charge in [-0.2, -0.15) is 0 Å². The SMILES string of the molecule is CCCC[C@H]1C(=O)N(C)[C@@H](CCCC)C(=O)N[C@@H](CCCNC(=N)N)C(=O)N[C@H](C(=O)NCC(N)=O)CSCC(=O)N[C@@H](Cc2ccc(O)cc2)C(=O)N(C)[C@@H](C)C(=O)N[C@@H](CC(N)=O)C(=O)N2CCC[C@H]2C(=O)N[C@@H](CCN)C(=O)N[C@@H](CC(C)C)C(=O)N2C[C@H](O)C[C@H]2C(=O)N[C@@H](Cc2c[nH]c3ccccc23)C(=O)N[C@@H](CO)C(=O)N[C@@H](Cc2c(-c3ccc(OCC)cc3)[nH]c3ccccc23)C(=O)N1C. The van der Waals surface area contributed by atoms with Crippen LogP contribution in [0.5, 0.6) is 11.5 Å². The highest BCUT2D eigenvalue weighted by Crippen LogP contribution is 2.34. The van der Waals surface area contributed by atoms with Crippen LogP contribution < -0.4 is 86.2 Å². The van der Waals surface area contributed by atoms with E-state index in [1.165, 1.54) is 52.3 Å². The van der Waals surface area contributed by atoms with Crippen molar-refractivity contribution in [1.82, 2.24) is 93.0 Å². The third-order valence-electron chi connectivity index (χ3n) is 25.4. The van der Waals surface area contributed by atoms with E-state index in [9.17, 15) is 58.5 Å². The molecule has 772 valence electrons. The number of guanidine groups is 1. The smallest absolute Gasteiger partial charge is 0.246 e. The van der Waals surface area contributed by atoms with Crippen molar-refractivity contribution >= 4 is 140 Å². The van der Waals surface area contributed by atoms with Crippen LogP contribution in [0.3, 0.4) is 0 Å². The molecule has 15 atom stereocenters. The molecule has 3 saturated heterocycles. The summed E-state index contributed by atoms with van der Waals surface area (Å²) in [5.41, 5.74) is 26.6. The number of para-hydroxylation sites is 2. The molecule has 0 aliphatic carbocycles. The van der Waals surface area contributed by atoms with Crippen molar-refractivity contribution < 1.29 is 102 Å². The number of aromatic nitrogens is 2. The number of hydrogen-bond acceptors (Lipinski definition) is 24. The number of unbranched alkanes of at least 4 members (excludes halogenated alkanes) is 2. The van der Waals surface area contributed by atoms with Gasteiger partial charge in [-0.05, 0) is 148 Å². The van der Waals surface area contributed by atoms with Crippen molar-refractivity contribution in [2.45, 2.75) is 241 Å². The van der Waals surface area contributed by atoms with Gasteiger partial charge in [-0.15, -0.1) is 11.8 Å². The number of H-pyrrole nitrogens is 2. The summed E-state index contributed by atoms with van der Waals surface area (Å²) in [5.74, 6) is -17.7. The largest absolute Gasteiger partial charge is 0.508 e. The first-order valence-electron chi connectivity index (χ1n) is 48.0. The molecule has 25 N–H and O–H groups in total. The van der Waals surface area contributed by atoms with Crippen LogP contribution in [-0.2, 0) is 101 Å². The molecule has 3 aliphatic heterocycles. The van der Waals surface area contributed by atoms with E-state index >= 15 is 38.4 Å². The Hall–Kier alpha value is -14.0. The first-order chi connectivity index (χ1) is 67.7. The molecule has 0 radical (unpaired) electrons. The number of aliphatic hydroxyl groups excluding tert-OH is 2. The number of aliphatic hydroxyl groups is 2. The van der Waals surface area contributed by atoms with Crippen molar-refractivity contribution in [3.05, 3.63) is 120 Å². The lowest BCUT2D eigenvalue weighted by atomic mass is 9.96. The van der Waals surface area contributed by atoms with Crippen molar-refractivity contribution in [2.75, 3.05) is 78.6 Å². The molecule has 9 rings (SSSR count). The quantitative estimate of drug-likeness (QED) is 0.0145. The van der Waals surface area contributed by atoms with E-state index in [0.717, 1.165) is 36.3 Å². The predicted octanol–water partition coefficient (Wildman–Crippen LogP) is -1.48. The average Bonchev–Trinajstić information content (AvgIpc) is 1.49. The normalized spacial score (nSPS) is 24.1. The number of phenols is 1. The van der Waals surface area contributed by atoms with Gasteiger partial charge < -0.3 is 136 Å². The summed E-state index contributed by atoms with van der Waals surface area (Å²) in [4.78, 5) is 264. The highest BCUT2D eigenvalue weighted by molar-refractivity contribution is 8.00. The first kappa shape index (κ1) is 112. The lowest BCUT2D eigenvalue weighted by molar-refractivity contribution is -0.149. The van der Waals surface area contributed by atoms with Crippen molar-refractivity contribution in [3.63, 3.8) is 0 Å². The number of benzene rings is 4. The minimum atomic E-state index is -1.94. The van der Waals surface area contributed by atoms with Crippen LogP contribution in [0.1, 0.15) is 148 Å². The zero-order chi connectivity index (χ0) is 104. The second-order valence-electron chi connectivity index (χ2n) is 36.4. The lowest BCUT2D eigenvalue weighted by Gasteiger charge is -2.36. The number of likely N-dealkylation sites (N-methyl/N-ethyl adjacent to an activating group) is 3. The summed E-state index contributed by atoms with van der Waals surface area (Å²) in [7, 11) is 3.91. The number of hydrogen-bond donors (Lipinski definition) is 21. The Morgan fingerprint density at radius 3 is 1.78 bits per heavy atom. The molecule has 0 spiro atoms. The fraction of sp³-hybridized carbons (Fsp3) is 0.526. The summed E-state index contributed by atoms with van der Waals surface area (Å²) in [6.07, 6.45) is -0.868. The van der Waals surface area contributed by atoms with E-state index in [1.807, 2.05) is 20.8 Å². The van der Waals surface area contributed by atoms with Gasteiger partial charge in [0, 0.05) is 106 Å². The second-order valence-corrected chi connectivity index (χ2v) is 37.4. The van der Waals surface area contributed by atoms with Crippen LogP contribution in [0.15, 0.2) is 103 Å². The van der Waals surface area contributed by atoms with E-state index in [1.54, 1.807) is 92.8 Å². The highest BCUT2D eigenvalue weighted by atomic mass is 32.2. The van der Waals surface area contributed by atoms with Gasteiger partial charge in [-0.3, -0.25) is 86.9 Å². The highest BCUT2D eigenvalue weighted by Gasteiger charge is 2.47. The van der Waals surface area contributed by atoms with Crippen LogP contribution in [0.2, 0.25) is 0 Å².